The average Bonchev–Trinajstić information content (AvgIpc) is 2.07. The molecule has 3 heteroatoms. The highest BCUT2D eigenvalue weighted by Crippen LogP contribution is 2.12. The lowest BCUT2D eigenvalue weighted by Gasteiger charge is -2.20. The van der Waals surface area contributed by atoms with Crippen molar-refractivity contribution in [3.05, 3.63) is 0 Å². The summed E-state index contributed by atoms with van der Waals surface area (Å²) in [6.07, 6.45) is 1.95. The van der Waals surface area contributed by atoms with Gasteiger partial charge in [-0.2, -0.15) is 0 Å². The van der Waals surface area contributed by atoms with Crippen molar-refractivity contribution in [2.75, 3.05) is 26.8 Å². The minimum absolute atomic E-state index is 0.246. The summed E-state index contributed by atoms with van der Waals surface area (Å²) < 4.78 is 4.79. The number of nitrogens with one attached hydrogen (secondary N) is 1. The number of hydrogen-bond acceptors (Lipinski definition) is 3. The third-order valence-electron chi connectivity index (χ3n) is 2.08. The summed E-state index contributed by atoms with van der Waals surface area (Å²) in [5.74, 6) is 0.505. The topological polar surface area (TPSA) is 38.3 Å². The smallest absolute Gasteiger partial charge is 0.161 e. The molecule has 0 aromatic carbocycles. The SMILES string of the molecule is COCC(=O)C1CCNCC1. The van der Waals surface area contributed by atoms with Gasteiger partial charge in [0.1, 0.15) is 6.61 Å². The number of carbonyl (C=O) groups is 1. The molecule has 0 aromatic heterocycles. The van der Waals surface area contributed by atoms with Gasteiger partial charge in [-0.15, -0.1) is 0 Å². The quantitative estimate of drug-likeness (QED) is 0.636. The molecule has 1 aliphatic rings. The Hall–Kier alpha value is -0.410. The molecule has 0 aliphatic carbocycles. The van der Waals surface area contributed by atoms with Crippen LogP contribution in [0.25, 0.3) is 0 Å². The summed E-state index contributed by atoms with van der Waals surface area (Å²) in [4.78, 5) is 11.2. The fraction of sp³-hybridized carbons (Fsp3) is 0.875. The molecule has 0 radical (unpaired) electrons. The van der Waals surface area contributed by atoms with Gasteiger partial charge in [-0.25, -0.2) is 0 Å². The lowest BCUT2D eigenvalue weighted by molar-refractivity contribution is -0.127. The molecule has 0 atom stereocenters. The van der Waals surface area contributed by atoms with Crippen molar-refractivity contribution >= 4 is 5.78 Å². The maximum Gasteiger partial charge on any atom is 0.161 e. The van der Waals surface area contributed by atoms with Gasteiger partial charge in [-0.05, 0) is 25.9 Å². The number of ether oxygens (including phenoxy) is 1. The number of ketones is 1. The molecule has 1 heterocycles. The van der Waals surface area contributed by atoms with Crippen LogP contribution in [0.5, 0.6) is 0 Å². The Bertz CT molecular complexity index is 130. The van der Waals surface area contributed by atoms with E-state index in [0.717, 1.165) is 25.9 Å². The molecule has 1 rings (SSSR count). The van der Waals surface area contributed by atoms with Crippen molar-refractivity contribution in [1.29, 1.82) is 0 Å². The second kappa shape index (κ2) is 4.46. The van der Waals surface area contributed by atoms with Crippen LogP contribution in [0, 0.1) is 5.92 Å². The van der Waals surface area contributed by atoms with E-state index in [1.807, 2.05) is 0 Å². The van der Waals surface area contributed by atoms with Crippen LogP contribution in [0.15, 0.2) is 0 Å². The standard InChI is InChI=1S/C8H15NO2/c1-11-6-8(10)7-2-4-9-5-3-7/h7,9H,2-6H2,1H3. The number of Topliss-reactive ketones (excluding diaryl/α,β-unsaturated/α-hetero) is 1. The molecule has 11 heavy (non-hydrogen) atoms. The highest BCUT2D eigenvalue weighted by Gasteiger charge is 2.19. The highest BCUT2D eigenvalue weighted by atomic mass is 16.5. The summed E-state index contributed by atoms with van der Waals surface area (Å²) >= 11 is 0. The molecule has 3 nitrogen and oxygen atoms in total. The van der Waals surface area contributed by atoms with Gasteiger partial charge in [0.15, 0.2) is 5.78 Å². The van der Waals surface area contributed by atoms with Crippen LogP contribution in [0.4, 0.5) is 0 Å². The van der Waals surface area contributed by atoms with Crippen LogP contribution >= 0.6 is 0 Å². The van der Waals surface area contributed by atoms with E-state index < -0.39 is 0 Å². The lowest BCUT2D eigenvalue weighted by atomic mass is 9.94. The van der Waals surface area contributed by atoms with E-state index in [0.29, 0.717) is 0 Å². The third kappa shape index (κ3) is 2.60. The molecular formula is C8H15NO2. The molecule has 1 aliphatic heterocycles. The van der Waals surface area contributed by atoms with Gasteiger partial charge in [0.05, 0.1) is 0 Å². The summed E-state index contributed by atoms with van der Waals surface area (Å²) in [6.45, 7) is 2.23. The van der Waals surface area contributed by atoms with E-state index >= 15 is 0 Å². The van der Waals surface area contributed by atoms with Crippen LogP contribution in [-0.4, -0.2) is 32.6 Å². The van der Waals surface area contributed by atoms with Gasteiger partial charge in [-0.3, -0.25) is 4.79 Å². The zero-order chi connectivity index (χ0) is 8.10. The summed E-state index contributed by atoms with van der Waals surface area (Å²) in [6, 6.07) is 0. The first kappa shape index (κ1) is 8.68. The van der Waals surface area contributed by atoms with Gasteiger partial charge < -0.3 is 10.1 Å². The Kier molecular flexibility index (Phi) is 3.52. The molecule has 0 aromatic rings. The Balaban J connectivity index is 2.27. The van der Waals surface area contributed by atoms with Crippen molar-refractivity contribution < 1.29 is 9.53 Å². The summed E-state index contributed by atoms with van der Waals surface area (Å²) in [7, 11) is 1.57. The van der Waals surface area contributed by atoms with Crippen LogP contribution in [-0.2, 0) is 9.53 Å². The Morgan fingerprint density at radius 3 is 2.73 bits per heavy atom. The molecular weight excluding hydrogens is 142 g/mol. The molecule has 1 N–H and O–H groups in total. The number of piperidine rings is 1. The third-order valence-corrected chi connectivity index (χ3v) is 2.08. The van der Waals surface area contributed by atoms with Gasteiger partial charge in [-0.1, -0.05) is 0 Å². The zero-order valence-corrected chi connectivity index (χ0v) is 6.93. The van der Waals surface area contributed by atoms with Gasteiger partial charge in [0.2, 0.25) is 0 Å². The minimum atomic E-state index is 0.246. The largest absolute Gasteiger partial charge is 0.377 e. The van der Waals surface area contributed by atoms with E-state index in [9.17, 15) is 4.79 Å². The Morgan fingerprint density at radius 1 is 1.55 bits per heavy atom. The van der Waals surface area contributed by atoms with Crippen molar-refractivity contribution in [1.82, 2.24) is 5.32 Å². The second-order valence-corrected chi connectivity index (χ2v) is 2.92. The predicted octanol–water partition coefficient (Wildman–Crippen LogP) is 0.201. The maximum atomic E-state index is 11.2. The van der Waals surface area contributed by atoms with Crippen LogP contribution in [0.1, 0.15) is 12.8 Å². The van der Waals surface area contributed by atoms with Crippen molar-refractivity contribution in [3.63, 3.8) is 0 Å². The number of methoxy groups -OCH3 is 1. The number of carbonyl (C=O) groups excluding carboxylic acids is 1. The van der Waals surface area contributed by atoms with Crippen molar-refractivity contribution in [2.24, 2.45) is 5.92 Å². The fourth-order valence-corrected chi connectivity index (χ4v) is 1.40. The molecule has 0 bridgehead atoms. The van der Waals surface area contributed by atoms with Gasteiger partial charge in [0, 0.05) is 13.0 Å². The highest BCUT2D eigenvalue weighted by molar-refractivity contribution is 5.82. The normalized spacial score (nSPS) is 20.1. The van der Waals surface area contributed by atoms with E-state index in [4.69, 9.17) is 4.74 Å². The van der Waals surface area contributed by atoms with Crippen molar-refractivity contribution in [2.45, 2.75) is 12.8 Å². The van der Waals surface area contributed by atoms with Crippen LogP contribution in [0.3, 0.4) is 0 Å². The fourth-order valence-electron chi connectivity index (χ4n) is 1.40. The Morgan fingerprint density at radius 2 is 2.18 bits per heavy atom. The van der Waals surface area contributed by atoms with E-state index in [2.05, 4.69) is 5.32 Å². The van der Waals surface area contributed by atoms with Crippen molar-refractivity contribution in [3.8, 4) is 0 Å². The monoisotopic (exact) mass is 157 g/mol. The molecule has 0 amide bonds. The summed E-state index contributed by atoms with van der Waals surface area (Å²) in [5, 5.41) is 3.22. The first-order chi connectivity index (χ1) is 5.34. The first-order valence-corrected chi connectivity index (χ1v) is 4.07. The molecule has 0 spiro atoms. The molecule has 1 fully saturated rings. The van der Waals surface area contributed by atoms with Gasteiger partial charge >= 0.3 is 0 Å². The lowest BCUT2D eigenvalue weighted by Crippen LogP contribution is -2.33. The predicted molar refractivity (Wildman–Crippen MR) is 42.5 cm³/mol. The van der Waals surface area contributed by atoms with E-state index in [1.54, 1.807) is 7.11 Å². The minimum Gasteiger partial charge on any atom is -0.377 e. The van der Waals surface area contributed by atoms with Gasteiger partial charge in [0.25, 0.3) is 0 Å². The molecule has 64 valence electrons. The van der Waals surface area contributed by atoms with Crippen LogP contribution in [0.2, 0.25) is 0 Å². The summed E-state index contributed by atoms with van der Waals surface area (Å²) in [5.41, 5.74) is 0. The molecule has 0 unspecified atom stereocenters. The zero-order valence-electron chi connectivity index (χ0n) is 6.93. The Labute approximate surface area is 67.1 Å². The number of hydrogen-bond donors (Lipinski definition) is 1. The average molecular weight is 157 g/mol. The molecule has 1 saturated heterocycles. The second-order valence-electron chi connectivity index (χ2n) is 2.92. The number of rotatable bonds is 3. The van der Waals surface area contributed by atoms with E-state index in [-0.39, 0.29) is 18.3 Å². The van der Waals surface area contributed by atoms with E-state index in [1.165, 1.54) is 0 Å². The van der Waals surface area contributed by atoms with Crippen LogP contribution < -0.4 is 5.32 Å². The first-order valence-electron chi connectivity index (χ1n) is 4.07. The maximum absolute atomic E-state index is 11.2. The molecule has 0 saturated carbocycles.